The van der Waals surface area contributed by atoms with Gasteiger partial charge in [0.05, 0.1) is 11.8 Å². The Kier molecular flexibility index (Phi) is 5.75. The van der Waals surface area contributed by atoms with E-state index in [-0.39, 0.29) is 11.5 Å². The van der Waals surface area contributed by atoms with Gasteiger partial charge >= 0.3 is 0 Å². The minimum atomic E-state index is -0.00749. The molecule has 1 aromatic carbocycles. The standard InChI is InChI=1S/C25H36N4O/c1-18(2)30-22-7-6-19(16-20(22)24(3,4)5)21-8-12-27-23(28-21)29-15-11-25(17-29)9-13-26-14-10-25/h6-8,12,16,18,26H,9-11,13-15,17H2,1-5H3. The van der Waals surface area contributed by atoms with Crippen molar-refractivity contribution in [3.63, 3.8) is 0 Å². The lowest BCUT2D eigenvalue weighted by atomic mass is 9.78. The van der Waals surface area contributed by atoms with Gasteiger partial charge in [0.15, 0.2) is 0 Å². The summed E-state index contributed by atoms with van der Waals surface area (Å²) >= 11 is 0. The molecule has 0 bridgehead atoms. The topological polar surface area (TPSA) is 50.3 Å². The monoisotopic (exact) mass is 408 g/mol. The van der Waals surface area contributed by atoms with Crippen molar-refractivity contribution in [2.24, 2.45) is 5.41 Å². The van der Waals surface area contributed by atoms with Crippen molar-refractivity contribution in [1.82, 2.24) is 15.3 Å². The van der Waals surface area contributed by atoms with Crippen LogP contribution >= 0.6 is 0 Å². The Morgan fingerprint density at radius 1 is 1.10 bits per heavy atom. The van der Waals surface area contributed by atoms with E-state index < -0.39 is 0 Å². The minimum absolute atomic E-state index is 0.00749. The second kappa shape index (κ2) is 8.18. The smallest absolute Gasteiger partial charge is 0.225 e. The van der Waals surface area contributed by atoms with Gasteiger partial charge in [-0.25, -0.2) is 9.97 Å². The number of piperidine rings is 1. The zero-order chi connectivity index (χ0) is 21.4. The summed E-state index contributed by atoms with van der Waals surface area (Å²) in [6.07, 6.45) is 5.82. The molecular weight excluding hydrogens is 372 g/mol. The van der Waals surface area contributed by atoms with Crippen molar-refractivity contribution in [2.75, 3.05) is 31.1 Å². The first-order chi connectivity index (χ1) is 14.3. The van der Waals surface area contributed by atoms with Crippen LogP contribution in [0, 0.1) is 5.41 Å². The van der Waals surface area contributed by atoms with Crippen molar-refractivity contribution in [3.8, 4) is 17.0 Å². The fourth-order valence-electron chi connectivity index (χ4n) is 4.76. The van der Waals surface area contributed by atoms with E-state index in [0.29, 0.717) is 5.41 Å². The van der Waals surface area contributed by atoms with Gasteiger partial charge in [-0.1, -0.05) is 20.8 Å². The van der Waals surface area contributed by atoms with Gasteiger partial charge in [0, 0.05) is 30.4 Å². The maximum atomic E-state index is 6.09. The van der Waals surface area contributed by atoms with E-state index in [1.54, 1.807) is 0 Å². The van der Waals surface area contributed by atoms with Crippen molar-refractivity contribution in [2.45, 2.75) is 65.4 Å². The second-order valence-electron chi connectivity index (χ2n) is 10.3. The Morgan fingerprint density at radius 2 is 1.87 bits per heavy atom. The van der Waals surface area contributed by atoms with Gasteiger partial charge in [-0.2, -0.15) is 0 Å². The third-order valence-corrected chi connectivity index (χ3v) is 6.47. The molecule has 2 saturated heterocycles. The number of hydrogen-bond donors (Lipinski definition) is 1. The Hall–Kier alpha value is -2.14. The van der Waals surface area contributed by atoms with Crippen molar-refractivity contribution in [1.29, 1.82) is 0 Å². The second-order valence-corrected chi connectivity index (χ2v) is 10.3. The van der Waals surface area contributed by atoms with Gasteiger partial charge in [-0.3, -0.25) is 0 Å². The van der Waals surface area contributed by atoms with Crippen LogP contribution in [0.1, 0.15) is 59.4 Å². The first-order valence-electron chi connectivity index (χ1n) is 11.4. The lowest BCUT2D eigenvalue weighted by Gasteiger charge is -2.33. The zero-order valence-electron chi connectivity index (χ0n) is 19.2. The van der Waals surface area contributed by atoms with Crippen LogP contribution in [0.2, 0.25) is 0 Å². The molecular formula is C25H36N4O. The Bertz CT molecular complexity index is 881. The molecule has 0 unspecified atom stereocenters. The molecule has 3 heterocycles. The summed E-state index contributed by atoms with van der Waals surface area (Å²) in [6, 6.07) is 8.47. The van der Waals surface area contributed by atoms with Crippen LogP contribution in [-0.2, 0) is 5.41 Å². The van der Waals surface area contributed by atoms with Crippen LogP contribution in [0.15, 0.2) is 30.5 Å². The first-order valence-corrected chi connectivity index (χ1v) is 11.4. The number of rotatable bonds is 4. The molecule has 4 rings (SSSR count). The van der Waals surface area contributed by atoms with Gasteiger partial charge in [-0.05, 0) is 81.3 Å². The quantitative estimate of drug-likeness (QED) is 0.787. The van der Waals surface area contributed by atoms with E-state index in [4.69, 9.17) is 9.72 Å². The molecule has 2 aliphatic rings. The third-order valence-electron chi connectivity index (χ3n) is 6.47. The normalized spacial score (nSPS) is 18.9. The molecule has 5 nitrogen and oxygen atoms in total. The highest BCUT2D eigenvalue weighted by Gasteiger charge is 2.39. The Balaban J connectivity index is 1.61. The molecule has 0 aliphatic carbocycles. The van der Waals surface area contributed by atoms with Crippen molar-refractivity contribution < 1.29 is 4.74 Å². The molecule has 0 atom stereocenters. The van der Waals surface area contributed by atoms with Gasteiger partial charge in [-0.15, -0.1) is 0 Å². The highest BCUT2D eigenvalue weighted by Crippen LogP contribution is 2.40. The molecule has 2 aliphatic heterocycles. The zero-order valence-corrected chi connectivity index (χ0v) is 19.2. The predicted octanol–water partition coefficient (Wildman–Crippen LogP) is 4.81. The van der Waals surface area contributed by atoms with Crippen LogP contribution in [0.25, 0.3) is 11.3 Å². The number of hydrogen-bond acceptors (Lipinski definition) is 5. The highest BCUT2D eigenvalue weighted by atomic mass is 16.5. The molecule has 0 amide bonds. The number of nitrogens with one attached hydrogen (secondary N) is 1. The molecule has 1 aromatic heterocycles. The number of nitrogens with zero attached hydrogens (tertiary/aromatic N) is 3. The average molecular weight is 409 g/mol. The molecule has 30 heavy (non-hydrogen) atoms. The fraction of sp³-hybridized carbons (Fsp3) is 0.600. The van der Waals surface area contributed by atoms with Crippen LogP contribution in [0.4, 0.5) is 5.95 Å². The molecule has 0 radical (unpaired) electrons. The highest BCUT2D eigenvalue weighted by molar-refractivity contribution is 5.64. The Labute approximate surface area is 181 Å². The van der Waals surface area contributed by atoms with E-state index in [0.717, 1.165) is 49.1 Å². The summed E-state index contributed by atoms with van der Waals surface area (Å²) in [7, 11) is 0. The molecule has 5 heteroatoms. The summed E-state index contributed by atoms with van der Waals surface area (Å²) in [4.78, 5) is 12.0. The van der Waals surface area contributed by atoms with Crippen LogP contribution in [0.5, 0.6) is 5.75 Å². The van der Waals surface area contributed by atoms with Crippen LogP contribution < -0.4 is 15.0 Å². The van der Waals surface area contributed by atoms with E-state index in [1.807, 2.05) is 12.3 Å². The predicted molar refractivity (Wildman–Crippen MR) is 123 cm³/mol. The Morgan fingerprint density at radius 3 is 2.57 bits per heavy atom. The average Bonchev–Trinajstić information content (AvgIpc) is 3.11. The lowest BCUT2D eigenvalue weighted by Crippen LogP contribution is -2.38. The maximum absolute atomic E-state index is 6.09. The maximum Gasteiger partial charge on any atom is 0.225 e. The van der Waals surface area contributed by atoms with Crippen molar-refractivity contribution in [3.05, 3.63) is 36.0 Å². The summed E-state index contributed by atoms with van der Waals surface area (Å²) in [6.45, 7) is 15.2. The molecule has 162 valence electrons. The fourth-order valence-corrected chi connectivity index (χ4v) is 4.76. The SMILES string of the molecule is CC(C)Oc1ccc(-c2ccnc(N3CCC4(CCNCC4)C3)n2)cc1C(C)(C)C. The van der Waals surface area contributed by atoms with Gasteiger partial charge in [0.2, 0.25) is 5.95 Å². The number of ether oxygens (including phenoxy) is 1. The summed E-state index contributed by atoms with van der Waals surface area (Å²) in [5.74, 6) is 1.82. The lowest BCUT2D eigenvalue weighted by molar-refractivity contribution is 0.232. The van der Waals surface area contributed by atoms with Gasteiger partial charge < -0.3 is 15.0 Å². The molecule has 0 saturated carbocycles. The summed E-state index contributed by atoms with van der Waals surface area (Å²) in [5.41, 5.74) is 3.75. The number of benzene rings is 1. The van der Waals surface area contributed by atoms with Crippen LogP contribution in [0.3, 0.4) is 0 Å². The van der Waals surface area contributed by atoms with Crippen molar-refractivity contribution >= 4 is 5.95 Å². The third kappa shape index (κ3) is 4.46. The first kappa shape index (κ1) is 21.1. The van der Waals surface area contributed by atoms with Gasteiger partial charge in [0.1, 0.15) is 5.75 Å². The van der Waals surface area contributed by atoms with Gasteiger partial charge in [0.25, 0.3) is 0 Å². The molecule has 1 N–H and O–H groups in total. The largest absolute Gasteiger partial charge is 0.491 e. The van der Waals surface area contributed by atoms with E-state index in [9.17, 15) is 0 Å². The van der Waals surface area contributed by atoms with Crippen LogP contribution in [-0.4, -0.2) is 42.3 Å². The molecule has 2 aromatic rings. The van der Waals surface area contributed by atoms with E-state index >= 15 is 0 Å². The number of aromatic nitrogens is 2. The van der Waals surface area contributed by atoms with E-state index in [1.165, 1.54) is 24.8 Å². The van der Waals surface area contributed by atoms with E-state index in [2.05, 4.69) is 68.0 Å². The summed E-state index contributed by atoms with van der Waals surface area (Å²) in [5, 5.41) is 3.49. The summed E-state index contributed by atoms with van der Waals surface area (Å²) < 4.78 is 6.09. The minimum Gasteiger partial charge on any atom is -0.491 e. The number of anilines is 1. The molecule has 1 spiro atoms. The molecule has 2 fully saturated rings.